The van der Waals surface area contributed by atoms with Gasteiger partial charge in [0.15, 0.2) is 0 Å². The quantitative estimate of drug-likeness (QED) is 0.835. The van der Waals surface area contributed by atoms with Crippen LogP contribution >= 0.6 is 0 Å². The number of nitrogens with zero attached hydrogens (tertiary/aromatic N) is 2. The van der Waals surface area contributed by atoms with Gasteiger partial charge in [-0.2, -0.15) is 10.5 Å². The fraction of sp³-hybridized carbons (Fsp3) is 0.524. The summed E-state index contributed by atoms with van der Waals surface area (Å²) in [5, 5.41) is 24.5. The number of carbonyl (C=O) groups excluding carboxylic acids is 2. The molecule has 6 nitrogen and oxygen atoms in total. The molecule has 1 aromatic rings. The van der Waals surface area contributed by atoms with Gasteiger partial charge in [-0.05, 0) is 43.4 Å². The molecule has 6 heteroatoms. The summed E-state index contributed by atoms with van der Waals surface area (Å²) < 4.78 is 0. The molecule has 0 spiro atoms. The number of benzene rings is 1. The van der Waals surface area contributed by atoms with Gasteiger partial charge in [-0.25, -0.2) is 0 Å². The van der Waals surface area contributed by atoms with Crippen LogP contribution in [0.5, 0.6) is 0 Å². The van der Waals surface area contributed by atoms with E-state index in [-0.39, 0.29) is 11.8 Å². The Morgan fingerprint density at radius 3 is 2.04 bits per heavy atom. The highest BCUT2D eigenvalue weighted by molar-refractivity contribution is 5.97. The third-order valence-electron chi connectivity index (χ3n) is 5.85. The van der Waals surface area contributed by atoms with E-state index in [9.17, 15) is 20.1 Å². The van der Waals surface area contributed by atoms with Crippen LogP contribution in [0.3, 0.4) is 0 Å². The van der Waals surface area contributed by atoms with Gasteiger partial charge in [-0.1, -0.05) is 37.8 Å². The maximum absolute atomic E-state index is 12.6. The maximum atomic E-state index is 12.6. The molecule has 0 radical (unpaired) electrons. The molecule has 2 saturated carbocycles. The first-order chi connectivity index (χ1) is 13.0. The molecule has 0 bridgehead atoms. The average molecular weight is 364 g/mol. The van der Waals surface area contributed by atoms with Crippen molar-refractivity contribution in [2.45, 2.75) is 57.9 Å². The Kier molecular flexibility index (Phi) is 5.46. The molecule has 0 aliphatic heterocycles. The molecule has 2 N–H and O–H groups in total. The van der Waals surface area contributed by atoms with Crippen LogP contribution in [0.25, 0.3) is 0 Å². The summed E-state index contributed by atoms with van der Waals surface area (Å²) in [5.41, 5.74) is -0.367. The van der Waals surface area contributed by atoms with Crippen molar-refractivity contribution in [2.75, 3.05) is 5.32 Å². The fourth-order valence-electron chi connectivity index (χ4n) is 4.10. The van der Waals surface area contributed by atoms with Crippen molar-refractivity contribution in [3.63, 3.8) is 0 Å². The second-order valence-corrected chi connectivity index (χ2v) is 7.64. The van der Waals surface area contributed by atoms with Crippen LogP contribution in [0.4, 0.5) is 5.69 Å². The normalized spacial score (nSPS) is 19.6. The smallest absolute Gasteiger partial charge is 0.244 e. The minimum Gasteiger partial charge on any atom is -0.351 e. The Hall–Kier alpha value is -2.86. The Morgan fingerprint density at radius 1 is 0.926 bits per heavy atom. The first-order valence-corrected chi connectivity index (χ1v) is 9.55. The van der Waals surface area contributed by atoms with Crippen LogP contribution in [0.1, 0.15) is 56.9 Å². The van der Waals surface area contributed by atoms with E-state index in [2.05, 4.69) is 22.8 Å². The molecular weight excluding hydrogens is 340 g/mol. The zero-order valence-electron chi connectivity index (χ0n) is 15.4. The summed E-state index contributed by atoms with van der Waals surface area (Å²) in [5.74, 6) is -0.468. The van der Waals surface area contributed by atoms with Crippen LogP contribution in [0.15, 0.2) is 24.3 Å². The van der Waals surface area contributed by atoms with E-state index in [1.54, 1.807) is 18.2 Å². The second kappa shape index (κ2) is 7.80. The molecule has 0 saturated heterocycles. The fourth-order valence-corrected chi connectivity index (χ4v) is 4.10. The van der Waals surface area contributed by atoms with Gasteiger partial charge < -0.3 is 10.6 Å². The molecule has 1 aromatic carbocycles. The van der Waals surface area contributed by atoms with E-state index in [0.717, 1.165) is 31.2 Å². The number of anilines is 1. The second-order valence-electron chi connectivity index (χ2n) is 7.64. The van der Waals surface area contributed by atoms with Crippen LogP contribution in [-0.2, 0) is 16.1 Å². The zero-order chi connectivity index (χ0) is 19.3. The van der Waals surface area contributed by atoms with Crippen molar-refractivity contribution < 1.29 is 9.59 Å². The van der Waals surface area contributed by atoms with Crippen molar-refractivity contribution in [1.82, 2.24) is 5.32 Å². The van der Waals surface area contributed by atoms with Gasteiger partial charge >= 0.3 is 0 Å². The van der Waals surface area contributed by atoms with Crippen molar-refractivity contribution in [3.05, 3.63) is 29.8 Å². The lowest BCUT2D eigenvalue weighted by molar-refractivity contribution is -0.128. The molecule has 140 valence electrons. The molecule has 0 unspecified atom stereocenters. The highest BCUT2D eigenvalue weighted by Gasteiger charge is 2.42. The summed E-state index contributed by atoms with van der Waals surface area (Å²) in [6.45, 7) is 0.301. The molecule has 2 fully saturated rings. The minimum atomic E-state index is -0.925. The van der Waals surface area contributed by atoms with Crippen molar-refractivity contribution in [2.24, 2.45) is 10.8 Å². The lowest BCUT2D eigenvalue weighted by Crippen LogP contribution is -2.37. The van der Waals surface area contributed by atoms with Gasteiger partial charge in [0, 0.05) is 12.2 Å². The highest BCUT2D eigenvalue weighted by atomic mass is 16.2. The van der Waals surface area contributed by atoms with Gasteiger partial charge in [0.2, 0.25) is 11.8 Å². The number of hydrogen-bond donors (Lipinski definition) is 2. The molecule has 0 aromatic heterocycles. The highest BCUT2D eigenvalue weighted by Crippen LogP contribution is 2.39. The lowest BCUT2D eigenvalue weighted by atomic mass is 9.87. The van der Waals surface area contributed by atoms with E-state index in [4.69, 9.17) is 0 Å². The first-order valence-electron chi connectivity index (χ1n) is 9.55. The average Bonchev–Trinajstić information content (AvgIpc) is 3.37. The predicted octanol–water partition coefficient (Wildman–Crippen LogP) is 3.41. The third-order valence-corrected chi connectivity index (χ3v) is 5.85. The standard InChI is InChI=1S/C21H24N4O2/c22-14-20(8-1-2-9-20)18(26)24-13-16-6-5-7-17(12-16)25-19(27)21(15-23)10-3-4-11-21/h5-7,12H,1-4,8-11,13H2,(H,24,26)(H,25,27). The monoisotopic (exact) mass is 364 g/mol. The number of rotatable bonds is 5. The lowest BCUT2D eigenvalue weighted by Gasteiger charge is -2.20. The topological polar surface area (TPSA) is 106 Å². The number of carbonyl (C=O) groups is 2. The van der Waals surface area contributed by atoms with Crippen molar-refractivity contribution >= 4 is 17.5 Å². The SMILES string of the molecule is N#CC1(C(=O)NCc2cccc(NC(=O)C3(C#N)CCCC3)c2)CCCC1. The van der Waals surface area contributed by atoms with Gasteiger partial charge in [-0.15, -0.1) is 0 Å². The predicted molar refractivity (Wildman–Crippen MR) is 99.9 cm³/mol. The summed E-state index contributed by atoms with van der Waals surface area (Å²) >= 11 is 0. The molecule has 27 heavy (non-hydrogen) atoms. The third kappa shape index (κ3) is 3.80. The van der Waals surface area contributed by atoms with Crippen molar-refractivity contribution in [1.29, 1.82) is 10.5 Å². The van der Waals surface area contributed by atoms with E-state index >= 15 is 0 Å². The maximum Gasteiger partial charge on any atom is 0.244 e. The van der Waals surface area contributed by atoms with E-state index in [0.29, 0.717) is 37.9 Å². The minimum absolute atomic E-state index is 0.216. The van der Waals surface area contributed by atoms with Gasteiger partial charge in [-0.3, -0.25) is 9.59 Å². The van der Waals surface area contributed by atoms with E-state index < -0.39 is 10.8 Å². The van der Waals surface area contributed by atoms with Crippen molar-refractivity contribution in [3.8, 4) is 12.1 Å². The van der Waals surface area contributed by atoms with Crippen LogP contribution in [0.2, 0.25) is 0 Å². The Balaban J connectivity index is 1.62. The molecule has 3 rings (SSSR count). The molecule has 2 aliphatic carbocycles. The molecule has 2 amide bonds. The van der Waals surface area contributed by atoms with Crippen LogP contribution < -0.4 is 10.6 Å². The van der Waals surface area contributed by atoms with Gasteiger partial charge in [0.05, 0.1) is 12.1 Å². The number of nitrogens with one attached hydrogen (secondary N) is 2. The molecule has 2 aliphatic rings. The number of amides is 2. The zero-order valence-corrected chi connectivity index (χ0v) is 15.4. The largest absolute Gasteiger partial charge is 0.351 e. The van der Waals surface area contributed by atoms with Crippen LogP contribution in [-0.4, -0.2) is 11.8 Å². The molecular formula is C21H24N4O2. The molecule has 0 atom stereocenters. The summed E-state index contributed by atoms with van der Waals surface area (Å²) in [6.07, 6.45) is 6.03. The Morgan fingerprint density at radius 2 is 1.48 bits per heavy atom. The summed E-state index contributed by atoms with van der Waals surface area (Å²) in [7, 11) is 0. The molecule has 0 heterocycles. The number of hydrogen-bond acceptors (Lipinski definition) is 4. The van der Waals surface area contributed by atoms with E-state index in [1.807, 2.05) is 6.07 Å². The summed E-state index contributed by atoms with van der Waals surface area (Å²) in [6, 6.07) is 11.6. The van der Waals surface area contributed by atoms with Crippen LogP contribution in [0, 0.1) is 33.5 Å². The van der Waals surface area contributed by atoms with Gasteiger partial charge in [0.1, 0.15) is 10.8 Å². The summed E-state index contributed by atoms with van der Waals surface area (Å²) in [4.78, 5) is 25.0. The first kappa shape index (κ1) is 18.9. The Labute approximate surface area is 159 Å². The number of nitriles is 2. The van der Waals surface area contributed by atoms with E-state index in [1.165, 1.54) is 0 Å². The Bertz CT molecular complexity index is 806. The van der Waals surface area contributed by atoms with Gasteiger partial charge in [0.25, 0.3) is 0 Å².